The lowest BCUT2D eigenvalue weighted by molar-refractivity contribution is 0.0947. The monoisotopic (exact) mass is 199 g/mol. The fourth-order valence-electron chi connectivity index (χ4n) is 2.58. The number of hydrogen-bond acceptors (Lipinski definition) is 3. The summed E-state index contributed by atoms with van der Waals surface area (Å²) < 4.78 is 5.55. The zero-order chi connectivity index (χ0) is 9.97. The normalized spacial score (nSPS) is 39.4. The molecule has 3 heteroatoms. The van der Waals surface area contributed by atoms with Crippen molar-refractivity contribution in [3.8, 4) is 0 Å². The molecular formula is C11H21NO2. The van der Waals surface area contributed by atoms with Crippen molar-refractivity contribution in [3.05, 3.63) is 0 Å². The van der Waals surface area contributed by atoms with Crippen LogP contribution in [0.25, 0.3) is 0 Å². The van der Waals surface area contributed by atoms with Gasteiger partial charge >= 0.3 is 0 Å². The predicted octanol–water partition coefficient (Wildman–Crippen LogP) is 0.726. The topological polar surface area (TPSA) is 32.7 Å². The van der Waals surface area contributed by atoms with E-state index in [2.05, 4.69) is 11.8 Å². The molecule has 0 spiro atoms. The average Bonchev–Trinajstić information content (AvgIpc) is 2.77. The molecule has 0 aromatic carbocycles. The largest absolute Gasteiger partial charge is 0.396 e. The smallest absolute Gasteiger partial charge is 0.0588 e. The Bertz CT molecular complexity index is 186. The van der Waals surface area contributed by atoms with Crippen LogP contribution in [0.5, 0.6) is 0 Å². The third kappa shape index (κ3) is 2.27. The Kier molecular flexibility index (Phi) is 3.42. The summed E-state index contributed by atoms with van der Waals surface area (Å²) in [5.41, 5.74) is 0. The zero-order valence-corrected chi connectivity index (χ0v) is 8.98. The molecule has 2 aliphatic heterocycles. The van der Waals surface area contributed by atoms with Crippen molar-refractivity contribution in [1.29, 1.82) is 0 Å². The van der Waals surface area contributed by atoms with E-state index in [1.165, 1.54) is 12.8 Å². The van der Waals surface area contributed by atoms with E-state index in [1.807, 2.05) is 0 Å². The third-order valence-corrected chi connectivity index (χ3v) is 3.65. The van der Waals surface area contributed by atoms with Crippen molar-refractivity contribution in [3.63, 3.8) is 0 Å². The van der Waals surface area contributed by atoms with Crippen molar-refractivity contribution in [1.82, 2.24) is 4.90 Å². The predicted molar refractivity (Wildman–Crippen MR) is 55.2 cm³/mol. The molecule has 2 aliphatic rings. The van der Waals surface area contributed by atoms with Crippen LogP contribution in [0.15, 0.2) is 0 Å². The molecule has 2 heterocycles. The summed E-state index contributed by atoms with van der Waals surface area (Å²) in [4.78, 5) is 2.48. The van der Waals surface area contributed by atoms with Gasteiger partial charge in [0.15, 0.2) is 0 Å². The number of aliphatic hydroxyl groups is 1. The fraction of sp³-hybridized carbons (Fsp3) is 1.00. The van der Waals surface area contributed by atoms with E-state index in [1.54, 1.807) is 0 Å². The van der Waals surface area contributed by atoms with Crippen LogP contribution in [0, 0.1) is 11.8 Å². The molecule has 2 saturated heterocycles. The third-order valence-electron chi connectivity index (χ3n) is 3.65. The van der Waals surface area contributed by atoms with Crippen LogP contribution in [0.1, 0.15) is 19.8 Å². The summed E-state index contributed by atoms with van der Waals surface area (Å²) in [5.74, 6) is 1.24. The van der Waals surface area contributed by atoms with Gasteiger partial charge in [0.1, 0.15) is 0 Å². The molecule has 2 rings (SSSR count). The highest BCUT2D eigenvalue weighted by molar-refractivity contribution is 4.81. The quantitative estimate of drug-likeness (QED) is 0.727. The van der Waals surface area contributed by atoms with E-state index in [0.717, 1.165) is 26.2 Å². The summed E-state index contributed by atoms with van der Waals surface area (Å²) in [6, 6.07) is 0. The van der Waals surface area contributed by atoms with Crippen LogP contribution >= 0.6 is 0 Å². The molecule has 3 atom stereocenters. The Morgan fingerprint density at radius 2 is 2.29 bits per heavy atom. The Balaban J connectivity index is 1.75. The molecule has 14 heavy (non-hydrogen) atoms. The highest BCUT2D eigenvalue weighted by Gasteiger charge is 2.29. The van der Waals surface area contributed by atoms with Gasteiger partial charge in [-0.2, -0.15) is 0 Å². The van der Waals surface area contributed by atoms with E-state index in [9.17, 15) is 0 Å². The van der Waals surface area contributed by atoms with Crippen molar-refractivity contribution < 1.29 is 9.84 Å². The van der Waals surface area contributed by atoms with Gasteiger partial charge in [0.05, 0.1) is 6.10 Å². The van der Waals surface area contributed by atoms with Gasteiger partial charge < -0.3 is 14.7 Å². The first-order valence-corrected chi connectivity index (χ1v) is 5.74. The number of aliphatic hydroxyl groups excluding tert-OH is 1. The van der Waals surface area contributed by atoms with E-state index in [0.29, 0.717) is 24.5 Å². The summed E-state index contributed by atoms with van der Waals surface area (Å²) in [6.45, 7) is 6.87. The fourth-order valence-corrected chi connectivity index (χ4v) is 2.58. The van der Waals surface area contributed by atoms with E-state index in [4.69, 9.17) is 9.84 Å². The minimum absolute atomic E-state index is 0.354. The van der Waals surface area contributed by atoms with Crippen molar-refractivity contribution in [2.45, 2.75) is 25.9 Å². The standard InChI is InChI=1S/C11H21NO2/c1-9-11(3-5-14-9)7-12-4-2-10(6-12)8-13/h9-11,13H,2-8H2,1H3. The molecule has 82 valence electrons. The lowest BCUT2D eigenvalue weighted by Crippen LogP contribution is -2.30. The maximum Gasteiger partial charge on any atom is 0.0588 e. The molecular weight excluding hydrogens is 178 g/mol. The van der Waals surface area contributed by atoms with Crippen LogP contribution in [0.3, 0.4) is 0 Å². The number of rotatable bonds is 3. The molecule has 0 bridgehead atoms. The number of hydrogen-bond donors (Lipinski definition) is 1. The second-order valence-corrected chi connectivity index (χ2v) is 4.72. The summed E-state index contributed by atoms with van der Waals surface area (Å²) in [6.07, 6.45) is 2.81. The van der Waals surface area contributed by atoms with Crippen molar-refractivity contribution >= 4 is 0 Å². The van der Waals surface area contributed by atoms with E-state index < -0.39 is 0 Å². The average molecular weight is 199 g/mol. The van der Waals surface area contributed by atoms with E-state index >= 15 is 0 Å². The Morgan fingerprint density at radius 3 is 2.86 bits per heavy atom. The summed E-state index contributed by atoms with van der Waals surface area (Å²) in [5, 5.41) is 9.05. The Hall–Kier alpha value is -0.120. The minimum atomic E-state index is 0.354. The second kappa shape index (κ2) is 4.60. The second-order valence-electron chi connectivity index (χ2n) is 4.72. The lowest BCUT2D eigenvalue weighted by Gasteiger charge is -2.22. The Labute approximate surface area is 86.0 Å². The maximum absolute atomic E-state index is 9.05. The van der Waals surface area contributed by atoms with Crippen LogP contribution < -0.4 is 0 Å². The SMILES string of the molecule is CC1OCCC1CN1CCC(CO)C1. The molecule has 0 amide bonds. The van der Waals surface area contributed by atoms with E-state index in [-0.39, 0.29) is 0 Å². The molecule has 1 N–H and O–H groups in total. The van der Waals surface area contributed by atoms with Gasteiger partial charge in [-0.15, -0.1) is 0 Å². The van der Waals surface area contributed by atoms with Crippen LogP contribution in [-0.4, -0.2) is 49.0 Å². The highest BCUT2D eigenvalue weighted by Crippen LogP contribution is 2.24. The minimum Gasteiger partial charge on any atom is -0.396 e. The van der Waals surface area contributed by atoms with Crippen LogP contribution in [0.2, 0.25) is 0 Å². The first-order chi connectivity index (χ1) is 6.79. The van der Waals surface area contributed by atoms with Gasteiger partial charge in [-0.25, -0.2) is 0 Å². The molecule has 0 aromatic heterocycles. The molecule has 0 aliphatic carbocycles. The summed E-state index contributed by atoms with van der Waals surface area (Å²) in [7, 11) is 0. The summed E-state index contributed by atoms with van der Waals surface area (Å²) >= 11 is 0. The van der Waals surface area contributed by atoms with Gasteiger partial charge in [-0.3, -0.25) is 0 Å². The molecule has 0 radical (unpaired) electrons. The first-order valence-electron chi connectivity index (χ1n) is 5.74. The van der Waals surface area contributed by atoms with Gasteiger partial charge in [-0.1, -0.05) is 0 Å². The number of likely N-dealkylation sites (tertiary alicyclic amines) is 1. The van der Waals surface area contributed by atoms with Gasteiger partial charge in [0, 0.05) is 26.3 Å². The molecule has 3 nitrogen and oxygen atoms in total. The highest BCUT2D eigenvalue weighted by atomic mass is 16.5. The van der Waals surface area contributed by atoms with Gasteiger partial charge in [-0.05, 0) is 38.1 Å². The Morgan fingerprint density at radius 1 is 1.43 bits per heavy atom. The van der Waals surface area contributed by atoms with Crippen molar-refractivity contribution in [2.75, 3.05) is 32.8 Å². The molecule has 0 saturated carbocycles. The first kappa shape index (κ1) is 10.4. The molecule has 2 fully saturated rings. The molecule has 0 aromatic rings. The molecule has 3 unspecified atom stereocenters. The zero-order valence-electron chi connectivity index (χ0n) is 8.98. The van der Waals surface area contributed by atoms with Gasteiger partial charge in [0.25, 0.3) is 0 Å². The lowest BCUT2D eigenvalue weighted by atomic mass is 10.0. The number of nitrogens with zero attached hydrogens (tertiary/aromatic N) is 1. The van der Waals surface area contributed by atoms with Gasteiger partial charge in [0.2, 0.25) is 0 Å². The van der Waals surface area contributed by atoms with Crippen molar-refractivity contribution in [2.24, 2.45) is 11.8 Å². The maximum atomic E-state index is 9.05. The van der Waals surface area contributed by atoms with Crippen LogP contribution in [-0.2, 0) is 4.74 Å². The van der Waals surface area contributed by atoms with Crippen LogP contribution in [0.4, 0.5) is 0 Å². The number of ether oxygens (including phenoxy) is 1.